The number of nitrogens with zero attached hydrogens (tertiary/aromatic N) is 2. The molecule has 0 unspecified atom stereocenters. The monoisotopic (exact) mass is 379 g/mol. The second-order valence-corrected chi connectivity index (χ2v) is 8.66. The predicted octanol–water partition coefficient (Wildman–Crippen LogP) is 2.33. The summed E-state index contributed by atoms with van der Waals surface area (Å²) in [6.45, 7) is 6.55. The molecule has 0 aliphatic heterocycles. The van der Waals surface area contributed by atoms with Gasteiger partial charge >= 0.3 is 0 Å². The van der Waals surface area contributed by atoms with Gasteiger partial charge in [-0.2, -0.15) is 0 Å². The van der Waals surface area contributed by atoms with Gasteiger partial charge in [0.25, 0.3) is 5.56 Å². The van der Waals surface area contributed by atoms with E-state index < -0.39 is 6.10 Å². The van der Waals surface area contributed by atoms with Gasteiger partial charge in [0, 0.05) is 18.5 Å². The summed E-state index contributed by atoms with van der Waals surface area (Å²) >= 11 is 1.66. The minimum Gasteiger partial charge on any atom is -0.389 e. The van der Waals surface area contributed by atoms with Gasteiger partial charge in [-0.3, -0.25) is 9.69 Å². The second kappa shape index (κ2) is 8.61. The van der Waals surface area contributed by atoms with Gasteiger partial charge < -0.3 is 14.8 Å². The fourth-order valence-electron chi connectivity index (χ4n) is 3.55. The van der Waals surface area contributed by atoms with E-state index in [0.29, 0.717) is 31.4 Å². The lowest BCUT2D eigenvalue weighted by atomic mass is 10.1. The van der Waals surface area contributed by atoms with E-state index in [0.717, 1.165) is 42.4 Å². The lowest BCUT2D eigenvalue weighted by Crippen LogP contribution is -2.36. The van der Waals surface area contributed by atoms with E-state index in [4.69, 9.17) is 9.72 Å². The normalized spacial score (nSPS) is 15.3. The number of aromatic nitrogens is 2. The maximum atomic E-state index is 12.6. The number of nitrogens with one attached hydrogen (secondary N) is 1. The number of rotatable bonds is 9. The van der Waals surface area contributed by atoms with Crippen LogP contribution in [0.4, 0.5) is 0 Å². The third kappa shape index (κ3) is 4.52. The number of hydrogen-bond acceptors (Lipinski definition) is 6. The van der Waals surface area contributed by atoms with Gasteiger partial charge in [0.05, 0.1) is 24.6 Å². The van der Waals surface area contributed by atoms with E-state index in [-0.39, 0.29) is 5.56 Å². The van der Waals surface area contributed by atoms with Gasteiger partial charge in [0.1, 0.15) is 10.7 Å². The molecule has 0 amide bonds. The van der Waals surface area contributed by atoms with Crippen molar-refractivity contribution >= 4 is 21.6 Å². The number of thiophene rings is 1. The summed E-state index contributed by atoms with van der Waals surface area (Å²) in [4.78, 5) is 24.6. The van der Waals surface area contributed by atoms with E-state index in [1.807, 2.05) is 0 Å². The largest absolute Gasteiger partial charge is 0.389 e. The molecule has 0 radical (unpaired) electrons. The molecule has 1 atom stereocenters. The summed E-state index contributed by atoms with van der Waals surface area (Å²) in [7, 11) is 1.59. The molecule has 3 rings (SSSR count). The number of aryl methyl sites for hydroxylation is 2. The highest BCUT2D eigenvalue weighted by Crippen LogP contribution is 2.34. The summed E-state index contributed by atoms with van der Waals surface area (Å²) in [6, 6.07) is 0. The van der Waals surface area contributed by atoms with Crippen molar-refractivity contribution in [2.45, 2.75) is 52.2 Å². The molecule has 0 spiro atoms. The third-order valence-corrected chi connectivity index (χ3v) is 6.03. The Kier molecular flexibility index (Phi) is 6.45. The number of hydrogen-bond donors (Lipinski definition) is 2. The van der Waals surface area contributed by atoms with Crippen LogP contribution < -0.4 is 5.56 Å². The van der Waals surface area contributed by atoms with Gasteiger partial charge in [0.15, 0.2) is 0 Å². The van der Waals surface area contributed by atoms with Crippen molar-refractivity contribution in [3.63, 3.8) is 0 Å². The molecular formula is C19H29N3O3S. The lowest BCUT2D eigenvalue weighted by Gasteiger charge is -2.25. The summed E-state index contributed by atoms with van der Waals surface area (Å²) in [5.74, 6) is 1.25. The molecule has 1 aliphatic rings. The molecule has 7 heteroatoms. The third-order valence-electron chi connectivity index (χ3n) is 4.85. The first-order valence-electron chi connectivity index (χ1n) is 9.40. The molecule has 144 valence electrons. The minimum absolute atomic E-state index is 0.0225. The first kappa shape index (κ1) is 19.5. The molecule has 2 aromatic heterocycles. The molecule has 0 aromatic carbocycles. The van der Waals surface area contributed by atoms with Crippen molar-refractivity contribution in [2.24, 2.45) is 5.92 Å². The van der Waals surface area contributed by atoms with Gasteiger partial charge in [-0.05, 0) is 43.7 Å². The number of aliphatic hydroxyl groups is 1. The SMILES string of the molecule is COC[C@@H](O)CN(CCC(C)C)Cc1nc2sc3c(c2c(=O)[nH]1)CCC3. The second-order valence-electron chi connectivity index (χ2n) is 7.58. The summed E-state index contributed by atoms with van der Waals surface area (Å²) in [6.07, 6.45) is 3.67. The molecule has 1 aliphatic carbocycles. The van der Waals surface area contributed by atoms with Crippen LogP contribution >= 0.6 is 11.3 Å². The van der Waals surface area contributed by atoms with Crippen LogP contribution in [-0.2, 0) is 24.1 Å². The maximum absolute atomic E-state index is 12.6. The van der Waals surface area contributed by atoms with Crippen LogP contribution in [0.3, 0.4) is 0 Å². The fraction of sp³-hybridized carbons (Fsp3) is 0.684. The molecule has 0 fully saturated rings. The Hall–Kier alpha value is -1.28. The number of aliphatic hydroxyl groups excluding tert-OH is 1. The fourth-order valence-corrected chi connectivity index (χ4v) is 4.83. The highest BCUT2D eigenvalue weighted by Gasteiger charge is 2.22. The maximum Gasteiger partial charge on any atom is 0.259 e. The lowest BCUT2D eigenvalue weighted by molar-refractivity contribution is 0.0342. The average molecular weight is 380 g/mol. The van der Waals surface area contributed by atoms with Crippen molar-refractivity contribution in [1.29, 1.82) is 0 Å². The molecule has 2 aromatic rings. The van der Waals surface area contributed by atoms with Crippen molar-refractivity contribution < 1.29 is 9.84 Å². The Labute approximate surface area is 158 Å². The Morgan fingerprint density at radius 1 is 1.38 bits per heavy atom. The molecule has 2 N–H and O–H groups in total. The first-order valence-corrected chi connectivity index (χ1v) is 10.2. The van der Waals surface area contributed by atoms with Crippen molar-refractivity contribution in [2.75, 3.05) is 26.8 Å². The Balaban J connectivity index is 1.79. The van der Waals surface area contributed by atoms with Crippen molar-refractivity contribution in [3.05, 3.63) is 26.6 Å². The summed E-state index contributed by atoms with van der Waals surface area (Å²) in [5, 5.41) is 10.9. The van der Waals surface area contributed by atoms with Crippen LogP contribution in [0.1, 0.15) is 43.0 Å². The van der Waals surface area contributed by atoms with E-state index >= 15 is 0 Å². The average Bonchev–Trinajstić information content (AvgIpc) is 3.13. The van der Waals surface area contributed by atoms with Crippen LogP contribution in [0, 0.1) is 5.92 Å². The minimum atomic E-state index is -0.548. The van der Waals surface area contributed by atoms with E-state index in [1.54, 1.807) is 18.4 Å². The first-order chi connectivity index (χ1) is 12.5. The van der Waals surface area contributed by atoms with E-state index in [2.05, 4.69) is 23.7 Å². The molecule has 0 bridgehead atoms. The molecule has 0 saturated carbocycles. The molecule has 0 saturated heterocycles. The van der Waals surface area contributed by atoms with Crippen molar-refractivity contribution in [1.82, 2.24) is 14.9 Å². The topological polar surface area (TPSA) is 78.5 Å². The zero-order valence-corrected chi connectivity index (χ0v) is 16.7. The van der Waals surface area contributed by atoms with Crippen LogP contribution in [0.15, 0.2) is 4.79 Å². The van der Waals surface area contributed by atoms with E-state index in [1.165, 1.54) is 10.4 Å². The van der Waals surface area contributed by atoms with E-state index in [9.17, 15) is 9.90 Å². The quantitative estimate of drug-likeness (QED) is 0.699. The van der Waals surface area contributed by atoms with Crippen LogP contribution in [0.25, 0.3) is 10.2 Å². The van der Waals surface area contributed by atoms with Gasteiger partial charge in [-0.15, -0.1) is 11.3 Å². The van der Waals surface area contributed by atoms with Gasteiger partial charge in [0.2, 0.25) is 0 Å². The Morgan fingerprint density at radius 2 is 2.19 bits per heavy atom. The van der Waals surface area contributed by atoms with Crippen LogP contribution in [-0.4, -0.2) is 52.9 Å². The van der Waals surface area contributed by atoms with Crippen molar-refractivity contribution in [3.8, 4) is 0 Å². The highest BCUT2D eigenvalue weighted by molar-refractivity contribution is 7.18. The van der Waals surface area contributed by atoms with Gasteiger partial charge in [-0.1, -0.05) is 13.8 Å². The van der Waals surface area contributed by atoms with Crippen LogP contribution in [0.2, 0.25) is 0 Å². The zero-order chi connectivity index (χ0) is 18.7. The standard InChI is InChI=1S/C19H29N3O3S/c1-12(2)7-8-22(9-13(23)11-25-3)10-16-20-18(24)17-14-5-4-6-15(14)26-19(17)21-16/h12-13,23H,4-11H2,1-3H3,(H,20,21,24)/t13-/m0/s1. The Morgan fingerprint density at radius 3 is 2.92 bits per heavy atom. The molecular weight excluding hydrogens is 350 g/mol. The number of H-pyrrole nitrogens is 1. The zero-order valence-electron chi connectivity index (χ0n) is 15.9. The summed E-state index contributed by atoms with van der Waals surface area (Å²) in [5.41, 5.74) is 1.18. The molecule has 6 nitrogen and oxygen atoms in total. The highest BCUT2D eigenvalue weighted by atomic mass is 32.1. The van der Waals surface area contributed by atoms with Crippen LogP contribution in [0.5, 0.6) is 0 Å². The van der Waals surface area contributed by atoms with Gasteiger partial charge in [-0.25, -0.2) is 4.98 Å². The summed E-state index contributed by atoms with van der Waals surface area (Å²) < 4.78 is 5.04. The smallest absolute Gasteiger partial charge is 0.259 e. The number of aromatic amines is 1. The number of methoxy groups -OCH3 is 1. The molecule has 26 heavy (non-hydrogen) atoms. The Bertz CT molecular complexity index is 799. The number of ether oxygens (including phenoxy) is 1. The molecule has 2 heterocycles. The predicted molar refractivity (Wildman–Crippen MR) is 105 cm³/mol. The number of fused-ring (bicyclic) bond motifs is 3.